The molecular weight excluding hydrogens is 182 g/mol. The molecule has 0 saturated carbocycles. The smallest absolute Gasteiger partial charge is 0.0748 e. The van der Waals surface area contributed by atoms with Crippen LogP contribution in [0.15, 0.2) is 65.8 Å². The molecule has 0 bridgehead atoms. The second-order valence-corrected chi connectivity index (χ2v) is 3.66. The Bertz CT molecular complexity index is 367. The van der Waals surface area contributed by atoms with E-state index in [1.807, 2.05) is 30.5 Å². The van der Waals surface area contributed by atoms with E-state index in [0.29, 0.717) is 12.0 Å². The van der Waals surface area contributed by atoms with Gasteiger partial charge in [-0.3, -0.25) is 4.99 Å². The van der Waals surface area contributed by atoms with Crippen molar-refractivity contribution in [1.29, 1.82) is 0 Å². The molecule has 1 heteroatoms. The average molecular weight is 197 g/mol. The highest BCUT2D eigenvalue weighted by molar-refractivity contribution is 5.72. The van der Waals surface area contributed by atoms with E-state index in [4.69, 9.17) is 0 Å². The molecule has 0 radical (unpaired) electrons. The lowest BCUT2D eigenvalue weighted by molar-refractivity contribution is 0.582. The van der Waals surface area contributed by atoms with Crippen LogP contribution in [0, 0.1) is 5.92 Å². The molecular formula is C14H15N. The molecule has 15 heavy (non-hydrogen) atoms. The summed E-state index contributed by atoms with van der Waals surface area (Å²) in [5, 5.41) is 0. The third-order valence-corrected chi connectivity index (χ3v) is 2.55. The molecule has 0 spiro atoms. The third kappa shape index (κ3) is 2.91. The van der Waals surface area contributed by atoms with E-state index >= 15 is 0 Å². The highest BCUT2D eigenvalue weighted by Gasteiger charge is 2.15. The summed E-state index contributed by atoms with van der Waals surface area (Å²) < 4.78 is 0. The third-order valence-electron chi connectivity index (χ3n) is 2.55. The lowest BCUT2D eigenvalue weighted by Crippen LogP contribution is -2.15. The molecule has 0 N–H and O–H groups in total. The van der Waals surface area contributed by atoms with Gasteiger partial charge in [0.2, 0.25) is 0 Å². The van der Waals surface area contributed by atoms with Crippen molar-refractivity contribution in [2.45, 2.75) is 12.5 Å². The van der Waals surface area contributed by atoms with Crippen molar-refractivity contribution < 1.29 is 0 Å². The Morgan fingerprint density at radius 1 is 0.800 bits per heavy atom. The number of hydrogen-bond donors (Lipinski definition) is 0. The Morgan fingerprint density at radius 3 is 2.60 bits per heavy atom. The fourth-order valence-electron chi connectivity index (χ4n) is 1.73. The van der Waals surface area contributed by atoms with Gasteiger partial charge in [-0.2, -0.15) is 0 Å². The number of rotatable bonds is 0. The summed E-state index contributed by atoms with van der Waals surface area (Å²) in [6, 6.07) is 0.294. The van der Waals surface area contributed by atoms with Crippen LogP contribution in [-0.4, -0.2) is 12.3 Å². The fourth-order valence-corrected chi connectivity index (χ4v) is 1.73. The molecule has 0 aromatic rings. The van der Waals surface area contributed by atoms with Gasteiger partial charge in [-0.15, -0.1) is 0 Å². The molecule has 1 nitrogen and oxygen atoms in total. The van der Waals surface area contributed by atoms with Crippen LogP contribution in [0.5, 0.6) is 0 Å². The van der Waals surface area contributed by atoms with Crippen molar-refractivity contribution >= 4 is 6.21 Å². The monoisotopic (exact) mass is 197 g/mol. The molecule has 2 aliphatic rings. The number of nitrogens with zero attached hydrogens (tertiary/aromatic N) is 1. The number of fused-ring (bicyclic) bond motifs is 1. The number of aliphatic imine (C=N–C) groups is 1. The van der Waals surface area contributed by atoms with Crippen molar-refractivity contribution in [2.75, 3.05) is 0 Å². The molecule has 2 atom stereocenters. The standard InChI is InChI=1S/C14H15N/c1-2-4-8-12-15-14-11-7-6-10-13(14)9-5-3-1/h1-8,10-14H,9H2/b2-1-,5-3+,8-4-,15-12?/t13-,14?/m0/s1. The number of hydrogen-bond acceptors (Lipinski definition) is 1. The molecule has 2 rings (SSSR count). The van der Waals surface area contributed by atoms with Crippen molar-refractivity contribution in [1.82, 2.24) is 0 Å². The molecule has 1 heterocycles. The number of allylic oxidation sites excluding steroid dienone is 8. The molecule has 0 aromatic heterocycles. The zero-order chi connectivity index (χ0) is 10.3. The Kier molecular flexibility index (Phi) is 3.50. The minimum Gasteiger partial charge on any atom is -0.285 e. The van der Waals surface area contributed by atoms with Gasteiger partial charge in [-0.25, -0.2) is 0 Å². The van der Waals surface area contributed by atoms with Gasteiger partial charge in [-0.05, 0) is 12.5 Å². The van der Waals surface area contributed by atoms with Crippen LogP contribution in [-0.2, 0) is 0 Å². The minimum atomic E-state index is 0.294. The van der Waals surface area contributed by atoms with E-state index in [9.17, 15) is 0 Å². The summed E-state index contributed by atoms with van der Waals surface area (Å²) in [7, 11) is 0. The molecule has 0 aromatic carbocycles. The topological polar surface area (TPSA) is 12.4 Å². The summed E-state index contributed by atoms with van der Waals surface area (Å²) in [5.74, 6) is 0.502. The summed E-state index contributed by atoms with van der Waals surface area (Å²) in [5.41, 5.74) is 0. The molecule has 0 saturated heterocycles. The van der Waals surface area contributed by atoms with Crippen LogP contribution >= 0.6 is 0 Å². The van der Waals surface area contributed by atoms with Gasteiger partial charge in [0.1, 0.15) is 0 Å². The van der Waals surface area contributed by atoms with Crippen molar-refractivity contribution in [2.24, 2.45) is 10.9 Å². The predicted octanol–water partition coefficient (Wildman–Crippen LogP) is 3.24. The van der Waals surface area contributed by atoms with Gasteiger partial charge >= 0.3 is 0 Å². The van der Waals surface area contributed by atoms with Crippen LogP contribution in [0.25, 0.3) is 0 Å². The largest absolute Gasteiger partial charge is 0.285 e. The van der Waals surface area contributed by atoms with E-state index in [0.717, 1.165) is 6.42 Å². The van der Waals surface area contributed by atoms with Crippen molar-refractivity contribution in [3.8, 4) is 0 Å². The average Bonchev–Trinajstić information content (AvgIpc) is 2.32. The quantitative estimate of drug-likeness (QED) is 0.565. The van der Waals surface area contributed by atoms with Crippen LogP contribution in [0.4, 0.5) is 0 Å². The van der Waals surface area contributed by atoms with Gasteiger partial charge in [0.05, 0.1) is 6.04 Å². The first-order chi connectivity index (χ1) is 7.47. The Hall–Kier alpha value is -1.63. The second-order valence-electron chi connectivity index (χ2n) is 3.66. The van der Waals surface area contributed by atoms with Crippen molar-refractivity contribution in [3.05, 3.63) is 60.8 Å². The summed E-state index contributed by atoms with van der Waals surface area (Å²) in [4.78, 5) is 4.53. The molecule has 1 unspecified atom stereocenters. The summed E-state index contributed by atoms with van der Waals surface area (Å²) in [6.45, 7) is 0. The zero-order valence-corrected chi connectivity index (χ0v) is 8.66. The molecule has 0 fully saturated rings. The SMILES string of the molecule is C1=CC2N=C\C=C/C=C\C=C\C[C@H]2C=C1. The first-order valence-corrected chi connectivity index (χ1v) is 5.33. The van der Waals surface area contributed by atoms with Gasteiger partial charge in [0.25, 0.3) is 0 Å². The summed E-state index contributed by atoms with van der Waals surface area (Å²) >= 11 is 0. The maximum Gasteiger partial charge on any atom is 0.0748 e. The van der Waals surface area contributed by atoms with Gasteiger partial charge in [0, 0.05) is 12.1 Å². The van der Waals surface area contributed by atoms with Crippen LogP contribution in [0.3, 0.4) is 0 Å². The first kappa shape index (κ1) is 9.91. The predicted molar refractivity (Wildman–Crippen MR) is 66.1 cm³/mol. The highest BCUT2D eigenvalue weighted by atomic mass is 14.8. The molecule has 1 aliphatic carbocycles. The van der Waals surface area contributed by atoms with E-state index < -0.39 is 0 Å². The molecule has 76 valence electrons. The zero-order valence-electron chi connectivity index (χ0n) is 8.66. The Balaban J connectivity index is 2.17. The van der Waals surface area contributed by atoms with E-state index in [1.54, 1.807) is 0 Å². The summed E-state index contributed by atoms with van der Waals surface area (Å²) in [6.07, 6.45) is 23.8. The van der Waals surface area contributed by atoms with Crippen LogP contribution < -0.4 is 0 Å². The minimum absolute atomic E-state index is 0.294. The first-order valence-electron chi connectivity index (χ1n) is 5.33. The maximum atomic E-state index is 4.53. The fraction of sp³-hybridized carbons (Fsp3) is 0.214. The second kappa shape index (κ2) is 5.30. The molecule has 1 aliphatic heterocycles. The normalized spacial score (nSPS) is 35.2. The highest BCUT2D eigenvalue weighted by Crippen LogP contribution is 2.20. The van der Waals surface area contributed by atoms with Crippen LogP contribution in [0.1, 0.15) is 6.42 Å². The van der Waals surface area contributed by atoms with E-state index in [-0.39, 0.29) is 0 Å². The van der Waals surface area contributed by atoms with E-state index in [2.05, 4.69) is 41.4 Å². The van der Waals surface area contributed by atoms with Gasteiger partial charge in [-0.1, -0.05) is 54.7 Å². The Labute approximate surface area is 90.9 Å². The van der Waals surface area contributed by atoms with Crippen molar-refractivity contribution in [3.63, 3.8) is 0 Å². The van der Waals surface area contributed by atoms with Crippen LogP contribution in [0.2, 0.25) is 0 Å². The Morgan fingerprint density at radius 2 is 1.60 bits per heavy atom. The van der Waals surface area contributed by atoms with Gasteiger partial charge in [0.15, 0.2) is 0 Å². The van der Waals surface area contributed by atoms with E-state index in [1.165, 1.54) is 0 Å². The lowest BCUT2D eigenvalue weighted by atomic mass is 9.92. The molecule has 0 amide bonds. The van der Waals surface area contributed by atoms with Gasteiger partial charge < -0.3 is 0 Å². The lowest BCUT2D eigenvalue weighted by Gasteiger charge is -2.18. The maximum absolute atomic E-state index is 4.53.